The third-order valence-corrected chi connectivity index (χ3v) is 4.50. The number of rotatable bonds is 8. The van der Waals surface area contributed by atoms with Crippen molar-refractivity contribution in [3.05, 3.63) is 47.9 Å². The molecule has 0 fully saturated rings. The molecule has 1 aliphatic rings. The number of nitrogens with zero attached hydrogens (tertiary/aromatic N) is 2. The summed E-state index contributed by atoms with van der Waals surface area (Å²) < 4.78 is 31.1. The molecule has 0 atom stereocenters. The van der Waals surface area contributed by atoms with Gasteiger partial charge in [0.1, 0.15) is 18.0 Å². The predicted molar refractivity (Wildman–Crippen MR) is 108 cm³/mol. The van der Waals surface area contributed by atoms with Crippen molar-refractivity contribution in [2.75, 3.05) is 27.6 Å². The lowest BCUT2D eigenvalue weighted by atomic mass is 10.2. The first-order valence-electron chi connectivity index (χ1n) is 9.46. The van der Waals surface area contributed by atoms with Crippen LogP contribution in [0.4, 0.5) is 0 Å². The molecule has 166 valence electrons. The van der Waals surface area contributed by atoms with E-state index in [4.69, 9.17) is 28.2 Å². The van der Waals surface area contributed by atoms with Gasteiger partial charge in [-0.05, 0) is 30.3 Å². The zero-order valence-corrected chi connectivity index (χ0v) is 17.2. The summed E-state index contributed by atoms with van der Waals surface area (Å²) in [6.45, 7) is -0.472. The summed E-state index contributed by atoms with van der Waals surface area (Å²) in [5.74, 6) is 1.40. The van der Waals surface area contributed by atoms with E-state index < -0.39 is 11.9 Å². The molecule has 3 aromatic rings. The normalized spacial score (nSPS) is 11.7. The molecule has 0 saturated carbocycles. The van der Waals surface area contributed by atoms with E-state index in [0.29, 0.717) is 34.1 Å². The zero-order valence-electron chi connectivity index (χ0n) is 17.2. The molecule has 0 spiro atoms. The summed E-state index contributed by atoms with van der Waals surface area (Å²) in [6, 6.07) is 9.88. The zero-order chi connectivity index (χ0) is 22.5. The van der Waals surface area contributed by atoms with Crippen LogP contribution in [0.1, 0.15) is 16.2 Å². The van der Waals surface area contributed by atoms with Gasteiger partial charge in [0.15, 0.2) is 18.1 Å². The van der Waals surface area contributed by atoms with Crippen LogP contribution in [0.25, 0.3) is 11.4 Å². The van der Waals surface area contributed by atoms with E-state index in [1.165, 1.54) is 13.2 Å². The van der Waals surface area contributed by atoms with Crippen molar-refractivity contribution < 1.29 is 37.8 Å². The van der Waals surface area contributed by atoms with Gasteiger partial charge in [-0.25, -0.2) is 0 Å². The van der Waals surface area contributed by atoms with Crippen molar-refractivity contribution in [2.24, 2.45) is 0 Å². The number of amides is 1. The molecule has 0 bridgehead atoms. The van der Waals surface area contributed by atoms with E-state index in [9.17, 15) is 9.59 Å². The summed E-state index contributed by atoms with van der Waals surface area (Å²) >= 11 is 0. The average molecular weight is 441 g/mol. The summed E-state index contributed by atoms with van der Waals surface area (Å²) in [6.07, 6.45) is 0. The Balaban J connectivity index is 1.29. The molecular formula is C21H19N3O8. The number of methoxy groups -OCH3 is 2. The number of aromatic nitrogens is 2. The summed E-state index contributed by atoms with van der Waals surface area (Å²) in [5.41, 5.74) is 0.919. The molecule has 1 aromatic heterocycles. The van der Waals surface area contributed by atoms with Crippen LogP contribution in [0.5, 0.6) is 23.0 Å². The van der Waals surface area contributed by atoms with E-state index in [1.807, 2.05) is 0 Å². The Morgan fingerprint density at radius 3 is 2.72 bits per heavy atom. The van der Waals surface area contributed by atoms with E-state index in [2.05, 4.69) is 15.5 Å². The molecule has 1 amide bonds. The van der Waals surface area contributed by atoms with Crippen LogP contribution in [-0.4, -0.2) is 49.6 Å². The average Bonchev–Trinajstić information content (AvgIpc) is 3.49. The standard InChI is InChI=1S/C21H19N3O8/c1-27-13-4-5-14(16(8-13)28-2)20-23-18(32-24-20)10-29-19(25)9-22-21(26)12-3-6-15-17(7-12)31-11-30-15/h3-8H,9-11H2,1-2H3,(H,22,26). The van der Waals surface area contributed by atoms with Gasteiger partial charge in [0.05, 0.1) is 19.8 Å². The molecule has 2 aromatic carbocycles. The Morgan fingerprint density at radius 2 is 1.91 bits per heavy atom. The molecule has 11 nitrogen and oxygen atoms in total. The number of hydrogen-bond acceptors (Lipinski definition) is 10. The van der Waals surface area contributed by atoms with Gasteiger partial charge in [0.2, 0.25) is 12.6 Å². The summed E-state index contributed by atoms with van der Waals surface area (Å²) in [7, 11) is 3.06. The van der Waals surface area contributed by atoms with Gasteiger partial charge in [-0.3, -0.25) is 9.59 Å². The quantitative estimate of drug-likeness (QED) is 0.518. The molecule has 1 N–H and O–H groups in total. The maximum Gasteiger partial charge on any atom is 0.325 e. The first-order valence-corrected chi connectivity index (χ1v) is 9.46. The van der Waals surface area contributed by atoms with Crippen molar-refractivity contribution in [3.63, 3.8) is 0 Å². The minimum absolute atomic E-state index is 0.0910. The summed E-state index contributed by atoms with van der Waals surface area (Å²) in [4.78, 5) is 28.4. The monoisotopic (exact) mass is 441 g/mol. The molecule has 0 unspecified atom stereocenters. The third-order valence-electron chi connectivity index (χ3n) is 4.50. The van der Waals surface area contributed by atoms with Gasteiger partial charge in [-0.1, -0.05) is 5.16 Å². The number of esters is 1. The van der Waals surface area contributed by atoms with Crippen LogP contribution in [0.3, 0.4) is 0 Å². The van der Waals surface area contributed by atoms with Crippen LogP contribution in [0, 0.1) is 0 Å². The van der Waals surface area contributed by atoms with Gasteiger partial charge in [-0.2, -0.15) is 4.98 Å². The number of nitrogens with one attached hydrogen (secondary N) is 1. The highest BCUT2D eigenvalue weighted by Gasteiger charge is 2.18. The number of carbonyl (C=O) groups excluding carboxylic acids is 2. The largest absolute Gasteiger partial charge is 0.497 e. The highest BCUT2D eigenvalue weighted by Crippen LogP contribution is 2.33. The minimum Gasteiger partial charge on any atom is -0.497 e. The van der Waals surface area contributed by atoms with E-state index in [-0.39, 0.29) is 31.7 Å². The van der Waals surface area contributed by atoms with Gasteiger partial charge in [0.25, 0.3) is 11.8 Å². The second kappa shape index (κ2) is 9.25. The highest BCUT2D eigenvalue weighted by molar-refractivity contribution is 5.96. The van der Waals surface area contributed by atoms with Crippen molar-refractivity contribution in [2.45, 2.75) is 6.61 Å². The Bertz CT molecular complexity index is 1140. The van der Waals surface area contributed by atoms with Crippen molar-refractivity contribution >= 4 is 11.9 Å². The van der Waals surface area contributed by atoms with E-state index in [1.54, 1.807) is 37.4 Å². The molecule has 32 heavy (non-hydrogen) atoms. The topological polar surface area (TPSA) is 131 Å². The Morgan fingerprint density at radius 1 is 1.06 bits per heavy atom. The van der Waals surface area contributed by atoms with Crippen molar-refractivity contribution in [1.82, 2.24) is 15.5 Å². The molecule has 11 heteroatoms. The Labute approximate surface area is 182 Å². The first-order chi connectivity index (χ1) is 15.6. The number of fused-ring (bicyclic) bond motifs is 1. The maximum atomic E-state index is 12.2. The van der Waals surface area contributed by atoms with E-state index in [0.717, 1.165) is 0 Å². The maximum absolute atomic E-state index is 12.2. The van der Waals surface area contributed by atoms with Crippen LogP contribution >= 0.6 is 0 Å². The van der Waals surface area contributed by atoms with Gasteiger partial charge < -0.3 is 33.5 Å². The van der Waals surface area contributed by atoms with Gasteiger partial charge in [0, 0.05) is 11.6 Å². The summed E-state index contributed by atoms with van der Waals surface area (Å²) in [5, 5.41) is 6.36. The van der Waals surface area contributed by atoms with E-state index >= 15 is 0 Å². The fourth-order valence-electron chi connectivity index (χ4n) is 2.89. The Hall–Kier alpha value is -4.28. The van der Waals surface area contributed by atoms with Gasteiger partial charge >= 0.3 is 5.97 Å². The molecule has 0 saturated heterocycles. The fraction of sp³-hybridized carbons (Fsp3) is 0.238. The minimum atomic E-state index is -0.666. The molecule has 0 aliphatic carbocycles. The molecule has 2 heterocycles. The lowest BCUT2D eigenvalue weighted by Crippen LogP contribution is -2.30. The second-order valence-electron chi connectivity index (χ2n) is 6.49. The fourth-order valence-corrected chi connectivity index (χ4v) is 2.89. The smallest absolute Gasteiger partial charge is 0.325 e. The Kier molecular flexibility index (Phi) is 6.06. The predicted octanol–water partition coefficient (Wildman–Crippen LogP) is 1.96. The molecule has 1 aliphatic heterocycles. The molecular weight excluding hydrogens is 422 g/mol. The number of benzene rings is 2. The third kappa shape index (κ3) is 4.56. The van der Waals surface area contributed by atoms with Crippen LogP contribution in [-0.2, 0) is 16.1 Å². The lowest BCUT2D eigenvalue weighted by molar-refractivity contribution is -0.144. The van der Waals surface area contributed by atoms with Crippen LogP contribution < -0.4 is 24.3 Å². The lowest BCUT2D eigenvalue weighted by Gasteiger charge is -2.07. The van der Waals surface area contributed by atoms with Crippen molar-refractivity contribution in [1.29, 1.82) is 0 Å². The molecule has 4 rings (SSSR count). The molecule has 0 radical (unpaired) electrons. The van der Waals surface area contributed by atoms with Gasteiger partial charge in [-0.15, -0.1) is 0 Å². The second-order valence-corrected chi connectivity index (χ2v) is 6.49. The van der Waals surface area contributed by atoms with Crippen molar-refractivity contribution in [3.8, 4) is 34.4 Å². The number of hydrogen-bond donors (Lipinski definition) is 1. The van der Waals surface area contributed by atoms with Crippen LogP contribution in [0.15, 0.2) is 40.9 Å². The number of carbonyl (C=O) groups is 2. The first kappa shape index (κ1) is 21.0. The number of ether oxygens (including phenoxy) is 5. The SMILES string of the molecule is COc1ccc(-c2noc(COC(=O)CNC(=O)c3ccc4c(c3)OCO4)n2)c(OC)c1. The van der Waals surface area contributed by atoms with Crippen LogP contribution in [0.2, 0.25) is 0 Å². The highest BCUT2D eigenvalue weighted by atomic mass is 16.7.